The third-order valence-corrected chi connectivity index (χ3v) is 5.26. The van der Waals surface area contributed by atoms with Crippen LogP contribution in [0.25, 0.3) is 0 Å². The molecule has 0 bridgehead atoms. The molecule has 150 valence electrons. The molecule has 1 aliphatic rings. The van der Waals surface area contributed by atoms with Crippen LogP contribution < -0.4 is 9.64 Å². The average molecular weight is 417 g/mol. The summed E-state index contributed by atoms with van der Waals surface area (Å²) in [5.74, 6) is -2.26. The van der Waals surface area contributed by atoms with Crippen LogP contribution in [0, 0.1) is 10.1 Å². The second kappa shape index (κ2) is 8.27. The number of pyridine rings is 1. The lowest BCUT2D eigenvalue weighted by Gasteiger charge is -2.16. The number of nitro benzene ring substituents is 1. The van der Waals surface area contributed by atoms with Gasteiger partial charge in [0.2, 0.25) is 11.8 Å². The van der Waals surface area contributed by atoms with E-state index in [4.69, 9.17) is 4.74 Å². The molecule has 1 aliphatic heterocycles. The van der Waals surface area contributed by atoms with Crippen LogP contribution in [0.2, 0.25) is 0 Å². The maximum absolute atomic E-state index is 12.8. The predicted molar refractivity (Wildman–Crippen MR) is 102 cm³/mol. The number of nitro groups is 1. The number of carboxylic acid groups (broad SMARTS) is 1. The lowest BCUT2D eigenvalue weighted by Crippen LogP contribution is -2.31. The summed E-state index contributed by atoms with van der Waals surface area (Å²) in [5.41, 5.74) is -0.688. The van der Waals surface area contributed by atoms with Crippen molar-refractivity contribution < 1.29 is 29.2 Å². The van der Waals surface area contributed by atoms with Gasteiger partial charge in [-0.1, -0.05) is 11.8 Å². The summed E-state index contributed by atoms with van der Waals surface area (Å²) in [6.45, 7) is 2.02. The molecule has 2 heterocycles. The molecule has 0 unspecified atom stereocenters. The maximum Gasteiger partial charge on any atom is 0.338 e. The largest absolute Gasteiger partial charge is 0.494 e. The van der Waals surface area contributed by atoms with Crippen LogP contribution in [0.4, 0.5) is 11.4 Å². The Balaban J connectivity index is 1.92. The number of hydrogen-bond acceptors (Lipinski definition) is 8. The number of benzene rings is 1. The third-order valence-electron chi connectivity index (χ3n) is 4.06. The highest BCUT2D eigenvalue weighted by atomic mass is 32.2. The molecule has 10 nitrogen and oxygen atoms in total. The number of aromatic nitrogens is 1. The summed E-state index contributed by atoms with van der Waals surface area (Å²) >= 11 is 0.843. The number of ether oxygens (including phenoxy) is 1. The quantitative estimate of drug-likeness (QED) is 0.409. The number of hydrogen-bond donors (Lipinski definition) is 1. The monoisotopic (exact) mass is 417 g/mol. The summed E-state index contributed by atoms with van der Waals surface area (Å²) < 4.78 is 5.24. The Labute approximate surface area is 168 Å². The summed E-state index contributed by atoms with van der Waals surface area (Å²) in [4.78, 5) is 52.2. The van der Waals surface area contributed by atoms with Crippen molar-refractivity contribution in [3.63, 3.8) is 0 Å². The fourth-order valence-electron chi connectivity index (χ4n) is 2.83. The summed E-state index contributed by atoms with van der Waals surface area (Å²) in [5, 5.41) is 19.9. The zero-order valence-electron chi connectivity index (χ0n) is 15.1. The van der Waals surface area contributed by atoms with Gasteiger partial charge in [0.1, 0.15) is 16.5 Å². The zero-order chi connectivity index (χ0) is 21.1. The molecule has 29 heavy (non-hydrogen) atoms. The van der Waals surface area contributed by atoms with Crippen LogP contribution in [0.5, 0.6) is 5.75 Å². The minimum atomic E-state index is -1.21. The van der Waals surface area contributed by atoms with Gasteiger partial charge in [-0.2, -0.15) is 0 Å². The van der Waals surface area contributed by atoms with E-state index in [2.05, 4.69) is 4.98 Å². The maximum atomic E-state index is 12.8. The van der Waals surface area contributed by atoms with Gasteiger partial charge in [0.25, 0.3) is 5.69 Å². The lowest BCUT2D eigenvalue weighted by molar-refractivity contribution is -0.384. The standard InChI is InChI=1S/C18H15N3O7S/c1-2-28-10-5-6-12(13(8-10)21(26)27)20-15(22)9-14(17(20)23)29-16-11(18(24)25)4-3-7-19-16/h3-8,14H,2,9H2,1H3,(H,24,25)/t14-/m1/s1. The molecule has 1 N–H and O–H groups in total. The van der Waals surface area contributed by atoms with Crippen LogP contribution in [0.1, 0.15) is 23.7 Å². The highest BCUT2D eigenvalue weighted by molar-refractivity contribution is 8.00. The van der Waals surface area contributed by atoms with E-state index in [9.17, 15) is 29.6 Å². The highest BCUT2D eigenvalue weighted by Crippen LogP contribution is 2.39. The van der Waals surface area contributed by atoms with Crippen molar-refractivity contribution >= 4 is 40.9 Å². The number of carbonyl (C=O) groups excluding carboxylic acids is 2. The van der Waals surface area contributed by atoms with Crippen LogP contribution in [-0.4, -0.2) is 44.7 Å². The number of carbonyl (C=O) groups is 3. The summed E-state index contributed by atoms with van der Waals surface area (Å²) in [6.07, 6.45) is 1.15. The third kappa shape index (κ3) is 4.04. The van der Waals surface area contributed by atoms with Crippen molar-refractivity contribution in [2.75, 3.05) is 11.5 Å². The van der Waals surface area contributed by atoms with Crippen LogP contribution >= 0.6 is 11.8 Å². The van der Waals surface area contributed by atoms with Crippen molar-refractivity contribution in [3.05, 3.63) is 52.2 Å². The van der Waals surface area contributed by atoms with Crippen LogP contribution in [-0.2, 0) is 9.59 Å². The van der Waals surface area contributed by atoms with Crippen molar-refractivity contribution in [1.82, 2.24) is 4.98 Å². The smallest absolute Gasteiger partial charge is 0.338 e. The van der Waals surface area contributed by atoms with E-state index >= 15 is 0 Å². The van der Waals surface area contributed by atoms with Crippen molar-refractivity contribution in [2.45, 2.75) is 23.6 Å². The summed E-state index contributed by atoms with van der Waals surface area (Å²) in [7, 11) is 0. The Morgan fingerprint density at radius 3 is 2.83 bits per heavy atom. The molecule has 2 amide bonds. The minimum Gasteiger partial charge on any atom is -0.494 e. The number of amides is 2. The Kier molecular flexibility index (Phi) is 5.78. The molecule has 11 heteroatoms. The second-order valence-electron chi connectivity index (χ2n) is 5.88. The Morgan fingerprint density at radius 1 is 1.41 bits per heavy atom. The minimum absolute atomic E-state index is 0.0918. The van der Waals surface area contributed by atoms with E-state index < -0.39 is 33.6 Å². The number of aromatic carboxylic acids is 1. The molecule has 1 aromatic heterocycles. The van der Waals surface area contributed by atoms with Gasteiger partial charge in [-0.3, -0.25) is 19.7 Å². The van der Waals surface area contributed by atoms with E-state index in [0.29, 0.717) is 6.61 Å². The molecule has 2 aromatic rings. The van der Waals surface area contributed by atoms with Gasteiger partial charge in [-0.05, 0) is 31.2 Å². The van der Waals surface area contributed by atoms with E-state index in [1.54, 1.807) is 6.92 Å². The molecule has 1 atom stereocenters. The number of thioether (sulfide) groups is 1. The SMILES string of the molecule is CCOc1ccc(N2C(=O)C[C@@H](Sc3ncccc3C(=O)O)C2=O)c([N+](=O)[O-])c1. The molecule has 0 aliphatic carbocycles. The normalized spacial score (nSPS) is 16.2. The van der Waals surface area contributed by atoms with E-state index in [0.717, 1.165) is 22.7 Å². The van der Waals surface area contributed by atoms with Gasteiger partial charge in [0.15, 0.2) is 0 Å². The second-order valence-corrected chi connectivity index (χ2v) is 7.07. The van der Waals surface area contributed by atoms with Gasteiger partial charge in [-0.15, -0.1) is 0 Å². The van der Waals surface area contributed by atoms with E-state index in [1.807, 2.05) is 0 Å². The van der Waals surface area contributed by atoms with Crippen LogP contribution in [0.15, 0.2) is 41.6 Å². The van der Waals surface area contributed by atoms with Gasteiger partial charge >= 0.3 is 5.97 Å². The lowest BCUT2D eigenvalue weighted by atomic mass is 10.2. The molecule has 1 fully saturated rings. The first kappa shape index (κ1) is 20.3. The molecular formula is C18H15N3O7S. The number of imide groups is 1. The molecule has 3 rings (SSSR count). The molecule has 1 aromatic carbocycles. The molecule has 0 spiro atoms. The molecule has 0 saturated carbocycles. The van der Waals surface area contributed by atoms with Gasteiger partial charge < -0.3 is 9.84 Å². The first-order valence-electron chi connectivity index (χ1n) is 8.46. The predicted octanol–water partition coefficient (Wildman–Crippen LogP) is 2.51. The summed E-state index contributed by atoms with van der Waals surface area (Å²) in [6, 6.07) is 6.67. The number of anilines is 1. The zero-order valence-corrected chi connectivity index (χ0v) is 15.9. The Bertz CT molecular complexity index is 1010. The van der Waals surface area contributed by atoms with Crippen LogP contribution in [0.3, 0.4) is 0 Å². The number of rotatable bonds is 7. The fraction of sp³-hybridized carbons (Fsp3) is 0.222. The average Bonchev–Trinajstić information content (AvgIpc) is 2.95. The van der Waals surface area contributed by atoms with Gasteiger partial charge in [0.05, 0.1) is 28.4 Å². The Morgan fingerprint density at radius 2 is 2.17 bits per heavy atom. The molecule has 1 saturated heterocycles. The van der Waals surface area contributed by atoms with Crippen molar-refractivity contribution in [2.24, 2.45) is 0 Å². The first-order valence-corrected chi connectivity index (χ1v) is 9.34. The van der Waals surface area contributed by atoms with Crippen molar-refractivity contribution in [3.8, 4) is 5.75 Å². The highest BCUT2D eigenvalue weighted by Gasteiger charge is 2.43. The fourth-order valence-corrected chi connectivity index (χ4v) is 3.93. The van der Waals surface area contributed by atoms with Gasteiger partial charge in [0, 0.05) is 12.6 Å². The molecular weight excluding hydrogens is 402 g/mol. The Hall–Kier alpha value is -3.47. The topological polar surface area (TPSA) is 140 Å². The van der Waals surface area contributed by atoms with Crippen molar-refractivity contribution in [1.29, 1.82) is 0 Å². The molecule has 0 radical (unpaired) electrons. The first-order chi connectivity index (χ1) is 13.8. The number of carboxylic acids is 1. The number of nitrogens with zero attached hydrogens (tertiary/aromatic N) is 3. The van der Waals surface area contributed by atoms with Gasteiger partial charge in [-0.25, -0.2) is 14.7 Å². The van der Waals surface area contributed by atoms with E-state index in [-0.39, 0.29) is 28.4 Å². The van der Waals surface area contributed by atoms with E-state index in [1.165, 1.54) is 30.5 Å².